The Hall–Kier alpha value is -1.39. The summed E-state index contributed by atoms with van der Waals surface area (Å²) in [6.45, 7) is 4.76. The minimum absolute atomic E-state index is 0.267. The zero-order chi connectivity index (χ0) is 14.5. The van der Waals surface area contributed by atoms with Gasteiger partial charge in [0, 0.05) is 6.61 Å². The molecule has 0 aliphatic carbocycles. The first-order valence-corrected chi connectivity index (χ1v) is 7.22. The first-order chi connectivity index (χ1) is 9.84. The molecule has 4 heteroatoms. The van der Waals surface area contributed by atoms with Gasteiger partial charge in [-0.05, 0) is 18.6 Å². The smallest absolute Gasteiger partial charge is 0.338 e. The van der Waals surface area contributed by atoms with Crippen LogP contribution in [-0.4, -0.2) is 39.0 Å². The van der Waals surface area contributed by atoms with Gasteiger partial charge in [0.2, 0.25) is 0 Å². The van der Waals surface area contributed by atoms with Crippen molar-refractivity contribution in [3.05, 3.63) is 35.9 Å². The molecule has 0 aliphatic heterocycles. The van der Waals surface area contributed by atoms with Gasteiger partial charge in [-0.25, -0.2) is 4.79 Å². The van der Waals surface area contributed by atoms with Crippen LogP contribution in [0.4, 0.5) is 0 Å². The minimum Gasteiger partial charge on any atom is -0.460 e. The molecular formula is C16H24O4. The molecule has 0 bridgehead atoms. The van der Waals surface area contributed by atoms with E-state index in [0.717, 1.165) is 13.0 Å². The van der Waals surface area contributed by atoms with E-state index in [-0.39, 0.29) is 12.6 Å². The minimum atomic E-state index is -0.315. The van der Waals surface area contributed by atoms with E-state index in [4.69, 9.17) is 14.2 Å². The Morgan fingerprint density at radius 3 is 2.25 bits per heavy atom. The largest absolute Gasteiger partial charge is 0.460 e. The number of esters is 1. The summed E-state index contributed by atoms with van der Waals surface area (Å²) in [5.41, 5.74) is 0.562. The topological polar surface area (TPSA) is 44.8 Å². The lowest BCUT2D eigenvalue weighted by atomic mass is 10.2. The summed E-state index contributed by atoms with van der Waals surface area (Å²) in [4.78, 5) is 11.6. The fourth-order valence-corrected chi connectivity index (χ4v) is 1.63. The summed E-state index contributed by atoms with van der Waals surface area (Å²) in [5, 5.41) is 0. The maximum atomic E-state index is 11.6. The van der Waals surface area contributed by atoms with Crippen LogP contribution < -0.4 is 0 Å². The number of unbranched alkanes of at least 4 members (excludes halogenated alkanes) is 2. The highest BCUT2D eigenvalue weighted by atomic mass is 16.6. The van der Waals surface area contributed by atoms with Gasteiger partial charge in [-0.1, -0.05) is 38.0 Å². The van der Waals surface area contributed by atoms with Crippen LogP contribution in [0, 0.1) is 0 Å². The molecule has 0 fully saturated rings. The van der Waals surface area contributed by atoms with E-state index in [0.29, 0.717) is 25.4 Å². The molecule has 112 valence electrons. The predicted molar refractivity (Wildman–Crippen MR) is 77.9 cm³/mol. The summed E-state index contributed by atoms with van der Waals surface area (Å²) in [7, 11) is 0. The molecule has 0 aromatic heterocycles. The van der Waals surface area contributed by atoms with Crippen molar-refractivity contribution in [2.24, 2.45) is 0 Å². The Morgan fingerprint density at radius 1 is 0.900 bits per heavy atom. The SMILES string of the molecule is CCCCCOCCOCCOC(=O)c1ccccc1. The van der Waals surface area contributed by atoms with Gasteiger partial charge >= 0.3 is 5.97 Å². The fourth-order valence-electron chi connectivity index (χ4n) is 1.63. The van der Waals surface area contributed by atoms with Crippen LogP contribution in [0.2, 0.25) is 0 Å². The molecule has 1 rings (SSSR count). The van der Waals surface area contributed by atoms with Crippen LogP contribution in [-0.2, 0) is 14.2 Å². The maximum absolute atomic E-state index is 11.6. The lowest BCUT2D eigenvalue weighted by Gasteiger charge is -2.07. The third kappa shape index (κ3) is 7.92. The predicted octanol–water partition coefficient (Wildman–Crippen LogP) is 3.07. The molecule has 0 N–H and O–H groups in total. The third-order valence-electron chi connectivity index (χ3n) is 2.73. The van der Waals surface area contributed by atoms with Crippen molar-refractivity contribution in [3.8, 4) is 0 Å². The summed E-state index contributed by atoms with van der Waals surface area (Å²) in [5.74, 6) is -0.315. The van der Waals surface area contributed by atoms with Gasteiger partial charge in [0.05, 0.1) is 25.4 Å². The highest BCUT2D eigenvalue weighted by Crippen LogP contribution is 2.00. The Labute approximate surface area is 121 Å². The van der Waals surface area contributed by atoms with Gasteiger partial charge in [-0.15, -0.1) is 0 Å². The number of carbonyl (C=O) groups is 1. The molecule has 4 nitrogen and oxygen atoms in total. The molecule has 20 heavy (non-hydrogen) atoms. The van der Waals surface area contributed by atoms with E-state index < -0.39 is 0 Å². The zero-order valence-electron chi connectivity index (χ0n) is 12.2. The molecule has 0 heterocycles. The molecule has 0 unspecified atom stereocenters. The highest BCUT2D eigenvalue weighted by molar-refractivity contribution is 5.89. The molecule has 1 aromatic rings. The van der Waals surface area contributed by atoms with Gasteiger partial charge in [-0.2, -0.15) is 0 Å². The first kappa shape index (κ1) is 16.7. The number of ether oxygens (including phenoxy) is 3. The highest BCUT2D eigenvalue weighted by Gasteiger charge is 2.04. The van der Waals surface area contributed by atoms with Crippen molar-refractivity contribution in [2.75, 3.05) is 33.0 Å². The Kier molecular flexibility index (Phi) is 9.53. The molecule has 1 aromatic carbocycles. The first-order valence-electron chi connectivity index (χ1n) is 7.22. The van der Waals surface area contributed by atoms with Crippen molar-refractivity contribution >= 4 is 5.97 Å². The number of hydrogen-bond acceptors (Lipinski definition) is 4. The van der Waals surface area contributed by atoms with Gasteiger partial charge in [0.15, 0.2) is 0 Å². The summed E-state index contributed by atoms with van der Waals surface area (Å²) >= 11 is 0. The summed E-state index contributed by atoms with van der Waals surface area (Å²) in [6, 6.07) is 8.94. The molecule has 0 radical (unpaired) electrons. The quantitative estimate of drug-likeness (QED) is 0.461. The Morgan fingerprint density at radius 2 is 1.55 bits per heavy atom. The van der Waals surface area contributed by atoms with Gasteiger partial charge < -0.3 is 14.2 Å². The van der Waals surface area contributed by atoms with E-state index in [9.17, 15) is 4.79 Å². The van der Waals surface area contributed by atoms with Crippen molar-refractivity contribution in [3.63, 3.8) is 0 Å². The van der Waals surface area contributed by atoms with Crippen LogP contribution >= 0.6 is 0 Å². The van der Waals surface area contributed by atoms with E-state index in [2.05, 4.69) is 6.92 Å². The molecule has 0 atom stereocenters. The normalized spacial score (nSPS) is 10.4. The monoisotopic (exact) mass is 280 g/mol. The number of benzene rings is 1. The van der Waals surface area contributed by atoms with Crippen LogP contribution in [0.5, 0.6) is 0 Å². The second-order valence-corrected chi connectivity index (χ2v) is 4.43. The van der Waals surface area contributed by atoms with Crippen LogP contribution in [0.3, 0.4) is 0 Å². The number of carbonyl (C=O) groups excluding carboxylic acids is 1. The van der Waals surface area contributed by atoms with Crippen molar-refractivity contribution in [1.82, 2.24) is 0 Å². The van der Waals surface area contributed by atoms with Gasteiger partial charge in [0.25, 0.3) is 0 Å². The van der Waals surface area contributed by atoms with Crippen molar-refractivity contribution in [1.29, 1.82) is 0 Å². The molecule has 0 spiro atoms. The van der Waals surface area contributed by atoms with Gasteiger partial charge in [0.1, 0.15) is 6.61 Å². The summed E-state index contributed by atoms with van der Waals surface area (Å²) in [6.07, 6.45) is 3.51. The summed E-state index contributed by atoms with van der Waals surface area (Å²) < 4.78 is 15.8. The van der Waals surface area contributed by atoms with Crippen LogP contribution in [0.1, 0.15) is 36.5 Å². The number of rotatable bonds is 11. The van der Waals surface area contributed by atoms with Crippen LogP contribution in [0.25, 0.3) is 0 Å². The maximum Gasteiger partial charge on any atom is 0.338 e. The standard InChI is InChI=1S/C16H24O4/c1-2-3-7-10-18-11-12-19-13-14-20-16(17)15-8-5-4-6-9-15/h4-6,8-9H,2-3,7,10-14H2,1H3. The Balaban J connectivity index is 1.91. The second-order valence-electron chi connectivity index (χ2n) is 4.43. The zero-order valence-corrected chi connectivity index (χ0v) is 12.2. The van der Waals surface area contributed by atoms with E-state index in [1.807, 2.05) is 18.2 Å². The van der Waals surface area contributed by atoms with Crippen LogP contribution in [0.15, 0.2) is 30.3 Å². The van der Waals surface area contributed by atoms with Crippen molar-refractivity contribution < 1.29 is 19.0 Å². The molecule has 0 saturated heterocycles. The lowest BCUT2D eigenvalue weighted by Crippen LogP contribution is -2.13. The van der Waals surface area contributed by atoms with E-state index in [1.165, 1.54) is 12.8 Å². The van der Waals surface area contributed by atoms with Gasteiger partial charge in [-0.3, -0.25) is 0 Å². The molecule has 0 aliphatic rings. The second kappa shape index (κ2) is 11.4. The average molecular weight is 280 g/mol. The molecule has 0 amide bonds. The molecule has 0 saturated carbocycles. The average Bonchev–Trinajstić information content (AvgIpc) is 2.50. The third-order valence-corrected chi connectivity index (χ3v) is 2.73. The van der Waals surface area contributed by atoms with E-state index in [1.54, 1.807) is 12.1 Å². The van der Waals surface area contributed by atoms with Crippen molar-refractivity contribution in [2.45, 2.75) is 26.2 Å². The molecular weight excluding hydrogens is 256 g/mol. The number of hydrogen-bond donors (Lipinski definition) is 0. The fraction of sp³-hybridized carbons (Fsp3) is 0.562. The Bertz CT molecular complexity index is 351. The van der Waals surface area contributed by atoms with E-state index >= 15 is 0 Å². The lowest BCUT2D eigenvalue weighted by molar-refractivity contribution is 0.0142.